The van der Waals surface area contributed by atoms with Crippen molar-refractivity contribution >= 4 is 16.8 Å². The van der Waals surface area contributed by atoms with E-state index in [1.54, 1.807) is 0 Å². The average molecular weight is 347 g/mol. The summed E-state index contributed by atoms with van der Waals surface area (Å²) in [5, 5.41) is 30.9. The summed E-state index contributed by atoms with van der Waals surface area (Å²) in [6, 6.07) is 27.8. The fourth-order valence-corrected chi connectivity index (χ4v) is 3.15. The first-order valence-corrected chi connectivity index (χ1v) is 8.66. The van der Waals surface area contributed by atoms with Gasteiger partial charge in [-0.05, 0) is 28.3 Å². The number of rotatable bonds is 5. The van der Waals surface area contributed by atoms with E-state index in [0.29, 0.717) is 12.0 Å². The molecule has 0 atom stereocenters. The zero-order chi connectivity index (χ0) is 19.1. The van der Waals surface area contributed by atoms with E-state index in [0.717, 1.165) is 21.9 Å². The Morgan fingerprint density at radius 1 is 0.815 bits per heavy atom. The van der Waals surface area contributed by atoms with E-state index in [-0.39, 0.29) is 6.42 Å². The number of allylic oxidation sites excluding steroid dienone is 1. The van der Waals surface area contributed by atoms with Crippen molar-refractivity contribution in [3.05, 3.63) is 89.5 Å². The molecule has 0 aromatic heterocycles. The van der Waals surface area contributed by atoms with Crippen LogP contribution < -0.4 is 0 Å². The normalized spacial score (nSPS) is 11.0. The zero-order valence-corrected chi connectivity index (χ0v) is 14.8. The predicted molar refractivity (Wildman–Crippen MR) is 106 cm³/mol. The summed E-state index contributed by atoms with van der Waals surface area (Å²) in [6.07, 6.45) is 4.28. The standard InChI is InChI=1S/C24H17N3/c25-16-23-21(13-12-20-10-4-5-11-22(20)23)15-24(17-26,18-27)14-6-9-19-7-2-1-3-8-19/h1-13H,14-15H2/b9-6+. The van der Waals surface area contributed by atoms with Crippen LogP contribution >= 0.6 is 0 Å². The van der Waals surface area contributed by atoms with E-state index in [9.17, 15) is 15.8 Å². The Morgan fingerprint density at radius 3 is 2.22 bits per heavy atom. The highest BCUT2D eigenvalue weighted by atomic mass is 14.4. The van der Waals surface area contributed by atoms with Crippen molar-refractivity contribution in [2.24, 2.45) is 5.41 Å². The lowest BCUT2D eigenvalue weighted by molar-refractivity contribution is 0.527. The van der Waals surface area contributed by atoms with Gasteiger partial charge in [-0.15, -0.1) is 0 Å². The summed E-state index contributed by atoms with van der Waals surface area (Å²) < 4.78 is 0. The second kappa shape index (κ2) is 8.01. The number of nitriles is 3. The van der Waals surface area contributed by atoms with Gasteiger partial charge in [0, 0.05) is 6.42 Å². The highest BCUT2D eigenvalue weighted by molar-refractivity contribution is 5.89. The highest BCUT2D eigenvalue weighted by Crippen LogP contribution is 2.31. The maximum Gasteiger partial charge on any atom is 0.151 e. The summed E-state index contributed by atoms with van der Waals surface area (Å²) in [4.78, 5) is 0. The van der Waals surface area contributed by atoms with Crippen molar-refractivity contribution in [2.45, 2.75) is 12.8 Å². The quantitative estimate of drug-likeness (QED) is 0.621. The van der Waals surface area contributed by atoms with E-state index in [4.69, 9.17) is 0 Å². The maximum absolute atomic E-state index is 9.72. The van der Waals surface area contributed by atoms with Crippen molar-refractivity contribution in [1.29, 1.82) is 15.8 Å². The molecule has 0 bridgehead atoms. The molecule has 3 aromatic carbocycles. The molecule has 0 unspecified atom stereocenters. The van der Waals surface area contributed by atoms with Crippen LogP contribution in [0.1, 0.15) is 23.1 Å². The first-order valence-electron chi connectivity index (χ1n) is 8.66. The zero-order valence-electron chi connectivity index (χ0n) is 14.8. The van der Waals surface area contributed by atoms with Crippen LogP contribution in [0.25, 0.3) is 16.8 Å². The Balaban J connectivity index is 1.92. The Kier molecular flexibility index (Phi) is 5.32. The van der Waals surface area contributed by atoms with Gasteiger partial charge in [-0.2, -0.15) is 15.8 Å². The summed E-state index contributed by atoms with van der Waals surface area (Å²) in [5.74, 6) is 0. The first-order chi connectivity index (χ1) is 13.2. The van der Waals surface area contributed by atoms with Gasteiger partial charge in [0.05, 0.1) is 17.7 Å². The van der Waals surface area contributed by atoms with Crippen molar-refractivity contribution < 1.29 is 0 Å². The fraction of sp³-hybridized carbons (Fsp3) is 0.125. The lowest BCUT2D eigenvalue weighted by Crippen LogP contribution is -2.19. The minimum atomic E-state index is -1.21. The number of benzene rings is 3. The number of hydrogen-bond donors (Lipinski definition) is 0. The van der Waals surface area contributed by atoms with E-state index in [1.165, 1.54) is 0 Å². The molecule has 0 aliphatic carbocycles. The minimum absolute atomic E-state index is 0.215. The van der Waals surface area contributed by atoms with Crippen LogP contribution in [-0.2, 0) is 6.42 Å². The van der Waals surface area contributed by atoms with E-state index < -0.39 is 5.41 Å². The van der Waals surface area contributed by atoms with Crippen LogP contribution in [0.2, 0.25) is 0 Å². The van der Waals surface area contributed by atoms with E-state index in [1.807, 2.05) is 78.9 Å². The maximum atomic E-state index is 9.72. The lowest BCUT2D eigenvalue weighted by atomic mass is 9.79. The second-order valence-corrected chi connectivity index (χ2v) is 6.43. The van der Waals surface area contributed by atoms with Gasteiger partial charge in [0.25, 0.3) is 0 Å². The molecule has 128 valence electrons. The number of fused-ring (bicyclic) bond motifs is 1. The molecule has 0 N–H and O–H groups in total. The minimum Gasteiger partial charge on any atom is -0.197 e. The molecule has 27 heavy (non-hydrogen) atoms. The molecule has 0 saturated heterocycles. The largest absolute Gasteiger partial charge is 0.197 e. The van der Waals surface area contributed by atoms with Crippen molar-refractivity contribution in [1.82, 2.24) is 0 Å². The summed E-state index contributed by atoms with van der Waals surface area (Å²) in [7, 11) is 0. The van der Waals surface area contributed by atoms with Crippen LogP contribution in [-0.4, -0.2) is 0 Å². The van der Waals surface area contributed by atoms with Gasteiger partial charge in [-0.1, -0.05) is 78.9 Å². The second-order valence-electron chi connectivity index (χ2n) is 6.43. The third-order valence-corrected chi connectivity index (χ3v) is 4.62. The van der Waals surface area contributed by atoms with Crippen LogP contribution in [0.5, 0.6) is 0 Å². The Bertz CT molecular complexity index is 1090. The molecular formula is C24H17N3. The number of hydrogen-bond acceptors (Lipinski definition) is 3. The molecule has 0 saturated carbocycles. The molecule has 3 aromatic rings. The molecule has 3 heteroatoms. The fourth-order valence-electron chi connectivity index (χ4n) is 3.15. The molecule has 0 fully saturated rings. The highest BCUT2D eigenvalue weighted by Gasteiger charge is 2.30. The van der Waals surface area contributed by atoms with Gasteiger partial charge in [0.15, 0.2) is 5.41 Å². The smallest absolute Gasteiger partial charge is 0.151 e. The van der Waals surface area contributed by atoms with E-state index >= 15 is 0 Å². The Labute approximate surface area is 159 Å². The lowest BCUT2D eigenvalue weighted by Gasteiger charge is -2.18. The van der Waals surface area contributed by atoms with Crippen molar-refractivity contribution in [3.8, 4) is 18.2 Å². The molecule has 0 heterocycles. The summed E-state index contributed by atoms with van der Waals surface area (Å²) in [5.41, 5.74) is 1.08. The molecule has 0 spiro atoms. The Morgan fingerprint density at radius 2 is 1.52 bits per heavy atom. The third-order valence-electron chi connectivity index (χ3n) is 4.62. The van der Waals surface area contributed by atoms with Crippen molar-refractivity contribution in [3.63, 3.8) is 0 Å². The Hall–Kier alpha value is -3.87. The monoisotopic (exact) mass is 347 g/mol. The topological polar surface area (TPSA) is 71.4 Å². The summed E-state index contributed by atoms with van der Waals surface area (Å²) >= 11 is 0. The predicted octanol–water partition coefficient (Wildman–Crippen LogP) is 5.39. The molecular weight excluding hydrogens is 330 g/mol. The molecule has 0 radical (unpaired) electrons. The van der Waals surface area contributed by atoms with Gasteiger partial charge in [-0.3, -0.25) is 0 Å². The molecule has 0 amide bonds. The van der Waals surface area contributed by atoms with Gasteiger partial charge < -0.3 is 0 Å². The van der Waals surface area contributed by atoms with Crippen molar-refractivity contribution in [2.75, 3.05) is 0 Å². The SMILES string of the molecule is N#Cc1c(CC(C#N)(C#N)C/C=C/c2ccccc2)ccc2ccccc12. The molecule has 3 nitrogen and oxygen atoms in total. The first kappa shape index (κ1) is 17.9. The molecule has 3 rings (SSSR count). The number of nitrogens with zero attached hydrogens (tertiary/aromatic N) is 3. The summed E-state index contributed by atoms with van der Waals surface area (Å²) in [6.45, 7) is 0. The van der Waals surface area contributed by atoms with Crippen LogP contribution in [0.4, 0.5) is 0 Å². The van der Waals surface area contributed by atoms with Crippen LogP contribution in [0.3, 0.4) is 0 Å². The van der Waals surface area contributed by atoms with Gasteiger partial charge >= 0.3 is 0 Å². The van der Waals surface area contributed by atoms with Gasteiger partial charge in [0.2, 0.25) is 0 Å². The van der Waals surface area contributed by atoms with Gasteiger partial charge in [-0.25, -0.2) is 0 Å². The van der Waals surface area contributed by atoms with Crippen LogP contribution in [0, 0.1) is 39.4 Å². The third kappa shape index (κ3) is 3.87. The van der Waals surface area contributed by atoms with Gasteiger partial charge in [0.1, 0.15) is 6.07 Å². The van der Waals surface area contributed by atoms with E-state index in [2.05, 4.69) is 18.2 Å². The molecule has 0 aliphatic heterocycles. The van der Waals surface area contributed by atoms with Crippen LogP contribution in [0.15, 0.2) is 72.8 Å². The molecule has 0 aliphatic rings. The average Bonchev–Trinajstić information content (AvgIpc) is 2.73.